The van der Waals surface area contributed by atoms with E-state index in [1.807, 2.05) is 14.0 Å². The van der Waals surface area contributed by atoms with E-state index in [0.29, 0.717) is 17.0 Å². The quantitative estimate of drug-likeness (QED) is 0.944. The molecule has 1 N–H and O–H groups in total. The minimum absolute atomic E-state index is 0.362. The van der Waals surface area contributed by atoms with Crippen LogP contribution < -0.4 is 0 Å². The van der Waals surface area contributed by atoms with E-state index in [4.69, 9.17) is 16.9 Å². The molecule has 0 aliphatic carbocycles. The standard InChI is InChI=1S/C16H18ClN3O/c1-4-13-15(17)14(20(3)19-13)9-16(2,21)12-7-5-11(10-18)6-8-12/h5-8,21H,4,9H2,1-3H3. The highest BCUT2D eigenvalue weighted by Gasteiger charge is 2.27. The minimum Gasteiger partial charge on any atom is -0.385 e. The fourth-order valence-electron chi connectivity index (χ4n) is 2.34. The van der Waals surface area contributed by atoms with Gasteiger partial charge in [-0.1, -0.05) is 30.7 Å². The van der Waals surface area contributed by atoms with E-state index in [1.54, 1.807) is 35.9 Å². The second-order valence-corrected chi connectivity index (χ2v) is 5.70. The van der Waals surface area contributed by atoms with Crippen LogP contribution in [0.4, 0.5) is 0 Å². The molecule has 5 heteroatoms. The zero-order valence-corrected chi connectivity index (χ0v) is 13.1. The predicted octanol–water partition coefficient (Wildman–Crippen LogP) is 2.96. The monoisotopic (exact) mass is 303 g/mol. The third kappa shape index (κ3) is 3.10. The predicted molar refractivity (Wildman–Crippen MR) is 82.0 cm³/mol. The summed E-state index contributed by atoms with van der Waals surface area (Å²) in [6, 6.07) is 9.00. The van der Waals surface area contributed by atoms with Crippen LogP contribution in [0.1, 0.15) is 36.4 Å². The number of hydrogen-bond donors (Lipinski definition) is 1. The summed E-state index contributed by atoms with van der Waals surface area (Å²) in [5.41, 5.74) is 1.89. The minimum atomic E-state index is -1.07. The van der Waals surface area contributed by atoms with Gasteiger partial charge in [-0.3, -0.25) is 4.68 Å². The van der Waals surface area contributed by atoms with Crippen molar-refractivity contribution >= 4 is 11.6 Å². The van der Waals surface area contributed by atoms with Crippen molar-refractivity contribution in [2.45, 2.75) is 32.3 Å². The average Bonchev–Trinajstić information content (AvgIpc) is 2.74. The van der Waals surface area contributed by atoms with Gasteiger partial charge < -0.3 is 5.11 Å². The Morgan fingerprint density at radius 2 is 2.00 bits per heavy atom. The molecule has 0 radical (unpaired) electrons. The third-order valence-electron chi connectivity index (χ3n) is 3.65. The number of aliphatic hydroxyl groups is 1. The number of rotatable bonds is 4. The molecule has 0 aliphatic rings. The number of aryl methyl sites for hydroxylation is 2. The van der Waals surface area contributed by atoms with Gasteiger partial charge in [0.2, 0.25) is 0 Å². The first-order chi connectivity index (χ1) is 9.89. The topological polar surface area (TPSA) is 61.8 Å². The summed E-state index contributed by atoms with van der Waals surface area (Å²) < 4.78 is 1.72. The van der Waals surface area contributed by atoms with E-state index in [1.165, 1.54) is 0 Å². The molecular weight excluding hydrogens is 286 g/mol. The van der Waals surface area contributed by atoms with E-state index in [0.717, 1.165) is 23.4 Å². The van der Waals surface area contributed by atoms with Crippen LogP contribution in [-0.4, -0.2) is 14.9 Å². The molecule has 1 atom stereocenters. The Bertz CT molecular complexity index is 681. The third-order valence-corrected chi connectivity index (χ3v) is 4.09. The highest BCUT2D eigenvalue weighted by Crippen LogP contribution is 2.30. The van der Waals surface area contributed by atoms with Gasteiger partial charge in [0.15, 0.2) is 0 Å². The molecule has 1 aromatic heterocycles. The van der Waals surface area contributed by atoms with E-state index >= 15 is 0 Å². The summed E-state index contributed by atoms with van der Waals surface area (Å²) in [5.74, 6) is 0. The van der Waals surface area contributed by atoms with E-state index in [2.05, 4.69) is 11.2 Å². The SMILES string of the molecule is CCc1nn(C)c(CC(C)(O)c2ccc(C#N)cc2)c1Cl. The zero-order valence-electron chi connectivity index (χ0n) is 12.4. The van der Waals surface area contributed by atoms with Crippen LogP contribution in [-0.2, 0) is 25.5 Å². The van der Waals surface area contributed by atoms with Gasteiger partial charge in [0.05, 0.1) is 33.6 Å². The van der Waals surface area contributed by atoms with Gasteiger partial charge >= 0.3 is 0 Å². The Kier molecular flexibility index (Phi) is 4.36. The molecule has 0 bridgehead atoms. The number of aromatic nitrogens is 2. The maximum absolute atomic E-state index is 10.8. The van der Waals surface area contributed by atoms with Gasteiger partial charge in [0.25, 0.3) is 0 Å². The molecule has 2 aromatic rings. The molecule has 0 amide bonds. The second kappa shape index (κ2) is 5.88. The average molecular weight is 304 g/mol. The normalized spacial score (nSPS) is 13.7. The van der Waals surface area contributed by atoms with Gasteiger partial charge in [-0.05, 0) is 31.0 Å². The van der Waals surface area contributed by atoms with Crippen LogP contribution in [0.15, 0.2) is 24.3 Å². The molecule has 0 saturated carbocycles. The van der Waals surface area contributed by atoms with E-state index in [9.17, 15) is 5.11 Å². The Balaban J connectivity index is 2.32. The van der Waals surface area contributed by atoms with Crippen molar-refractivity contribution in [3.8, 4) is 6.07 Å². The second-order valence-electron chi connectivity index (χ2n) is 5.32. The summed E-state index contributed by atoms with van der Waals surface area (Å²) in [6.07, 6.45) is 1.12. The lowest BCUT2D eigenvalue weighted by Crippen LogP contribution is -2.25. The smallest absolute Gasteiger partial charge is 0.0991 e. The number of nitrogens with zero attached hydrogens (tertiary/aromatic N) is 3. The summed E-state index contributed by atoms with van der Waals surface area (Å²) in [6.45, 7) is 3.74. The molecule has 110 valence electrons. The largest absolute Gasteiger partial charge is 0.385 e. The Labute approximate surface area is 129 Å². The van der Waals surface area contributed by atoms with Crippen LogP contribution >= 0.6 is 11.6 Å². The van der Waals surface area contributed by atoms with Crippen molar-refractivity contribution in [2.75, 3.05) is 0 Å². The lowest BCUT2D eigenvalue weighted by Gasteiger charge is -2.24. The fourth-order valence-corrected chi connectivity index (χ4v) is 2.70. The molecule has 0 fully saturated rings. The van der Waals surface area contributed by atoms with Crippen molar-refractivity contribution in [1.82, 2.24) is 9.78 Å². The first-order valence-electron chi connectivity index (χ1n) is 6.82. The maximum Gasteiger partial charge on any atom is 0.0991 e. The zero-order chi connectivity index (χ0) is 15.6. The molecule has 0 saturated heterocycles. The Hall–Kier alpha value is -1.83. The summed E-state index contributed by atoms with van der Waals surface area (Å²) in [4.78, 5) is 0. The van der Waals surface area contributed by atoms with Crippen LogP contribution in [0.3, 0.4) is 0 Å². The number of benzene rings is 1. The molecule has 1 aromatic carbocycles. The van der Waals surface area contributed by atoms with Crippen molar-refractivity contribution in [3.05, 3.63) is 51.8 Å². The van der Waals surface area contributed by atoms with Crippen LogP contribution in [0.5, 0.6) is 0 Å². The van der Waals surface area contributed by atoms with Gasteiger partial charge in [0, 0.05) is 13.5 Å². The first-order valence-corrected chi connectivity index (χ1v) is 7.20. The highest BCUT2D eigenvalue weighted by molar-refractivity contribution is 6.31. The van der Waals surface area contributed by atoms with E-state index < -0.39 is 5.60 Å². The number of nitriles is 1. The highest BCUT2D eigenvalue weighted by atomic mass is 35.5. The van der Waals surface area contributed by atoms with Crippen LogP contribution in [0.2, 0.25) is 5.02 Å². The Morgan fingerprint density at radius 3 is 2.48 bits per heavy atom. The summed E-state index contributed by atoms with van der Waals surface area (Å²) >= 11 is 6.33. The van der Waals surface area contributed by atoms with Crippen molar-refractivity contribution in [2.24, 2.45) is 7.05 Å². The Morgan fingerprint density at radius 1 is 1.38 bits per heavy atom. The lowest BCUT2D eigenvalue weighted by atomic mass is 9.90. The molecule has 1 heterocycles. The first kappa shape index (κ1) is 15.6. The fraction of sp³-hybridized carbons (Fsp3) is 0.375. The molecule has 4 nitrogen and oxygen atoms in total. The molecule has 2 rings (SSSR count). The number of hydrogen-bond acceptors (Lipinski definition) is 3. The number of halogens is 1. The van der Waals surface area contributed by atoms with Gasteiger partial charge in [-0.25, -0.2) is 0 Å². The molecule has 21 heavy (non-hydrogen) atoms. The molecule has 0 aliphatic heterocycles. The molecular formula is C16H18ClN3O. The van der Waals surface area contributed by atoms with Gasteiger partial charge in [-0.2, -0.15) is 10.4 Å². The molecule has 0 spiro atoms. The molecule has 1 unspecified atom stereocenters. The van der Waals surface area contributed by atoms with Crippen LogP contribution in [0.25, 0.3) is 0 Å². The van der Waals surface area contributed by atoms with Gasteiger partial charge in [-0.15, -0.1) is 0 Å². The van der Waals surface area contributed by atoms with Crippen LogP contribution in [0, 0.1) is 11.3 Å². The van der Waals surface area contributed by atoms with Crippen molar-refractivity contribution < 1.29 is 5.11 Å². The maximum atomic E-state index is 10.8. The van der Waals surface area contributed by atoms with Crippen molar-refractivity contribution in [3.63, 3.8) is 0 Å². The lowest BCUT2D eigenvalue weighted by molar-refractivity contribution is 0.0556. The van der Waals surface area contributed by atoms with Gasteiger partial charge in [0.1, 0.15) is 0 Å². The van der Waals surface area contributed by atoms with E-state index in [-0.39, 0.29) is 0 Å². The summed E-state index contributed by atoms with van der Waals surface area (Å²) in [7, 11) is 1.83. The summed E-state index contributed by atoms with van der Waals surface area (Å²) in [5, 5.41) is 24.6. The van der Waals surface area contributed by atoms with Crippen molar-refractivity contribution in [1.29, 1.82) is 5.26 Å².